The first-order valence-corrected chi connectivity index (χ1v) is 43.8. The Balaban J connectivity index is 0.970. The van der Waals surface area contributed by atoms with Crippen LogP contribution in [0.3, 0.4) is 0 Å². The zero-order valence-electron chi connectivity index (χ0n) is 70.9. The number of alkyl carbamates (subject to hydrolysis) is 1. The van der Waals surface area contributed by atoms with Gasteiger partial charge in [-0.2, -0.15) is 0 Å². The van der Waals surface area contributed by atoms with Gasteiger partial charge in [-0.3, -0.25) is 33.6 Å². The molecule has 3 saturated heterocycles. The van der Waals surface area contributed by atoms with E-state index in [-0.39, 0.29) is 98.3 Å². The highest BCUT2D eigenvalue weighted by atomic mass is 35.5. The normalized spacial score (nSPS) is 26.3. The van der Waals surface area contributed by atoms with Gasteiger partial charge in [-0.05, 0) is 196 Å². The van der Waals surface area contributed by atoms with Crippen molar-refractivity contribution in [1.29, 1.82) is 0 Å². The van der Waals surface area contributed by atoms with E-state index in [0.717, 1.165) is 49.6 Å². The minimum atomic E-state index is -3.83. The second kappa shape index (κ2) is 40.9. The lowest BCUT2D eigenvalue weighted by atomic mass is 9.85. The second-order valence-electron chi connectivity index (χ2n) is 33.0. The zero-order chi connectivity index (χ0) is 91.8. The molecule has 38 nitrogen and oxygen atoms in total. The maximum atomic E-state index is 16.5. The van der Waals surface area contributed by atoms with Gasteiger partial charge in [-0.15, -0.1) is 0 Å². The number of rotatable bonds is 29. The van der Waals surface area contributed by atoms with Gasteiger partial charge in [0.2, 0.25) is 63.4 Å². The number of carboxylic acids is 1. The van der Waals surface area contributed by atoms with Gasteiger partial charge >= 0.3 is 12.1 Å². The Hall–Kier alpha value is -11.1. The van der Waals surface area contributed by atoms with Gasteiger partial charge in [0.25, 0.3) is 0 Å². The summed E-state index contributed by atoms with van der Waals surface area (Å²) in [5.74, 6) is -13.4. The molecule has 0 unspecified atom stereocenters. The number of carboxylic acid groups (broad SMARTS) is 1. The van der Waals surface area contributed by atoms with Crippen molar-refractivity contribution in [2.45, 2.75) is 233 Å². The molecule has 8 aliphatic heterocycles. The van der Waals surface area contributed by atoms with Crippen LogP contribution in [0, 0.1) is 19.8 Å². The van der Waals surface area contributed by atoms with E-state index in [0.29, 0.717) is 44.6 Å². The number of carbonyl (C=O) groups is 9. The number of nitrogens with two attached hydrogens (primary N) is 1. The molecule has 0 saturated carbocycles. The smallest absolute Gasteiger partial charge is 0.408 e. The van der Waals surface area contributed by atoms with Gasteiger partial charge in [0.1, 0.15) is 89.5 Å². The molecule has 0 spiro atoms. The van der Waals surface area contributed by atoms with Crippen LogP contribution in [0.2, 0.25) is 5.02 Å². The predicted molar refractivity (Wildman–Crippen MR) is 452 cm³/mol. The van der Waals surface area contributed by atoms with E-state index in [2.05, 4.69) is 59.5 Å². The zero-order valence-corrected chi connectivity index (χ0v) is 72.5. The Morgan fingerprint density at radius 2 is 1.38 bits per heavy atom. The fourth-order valence-electron chi connectivity index (χ4n) is 16.4. The largest absolute Gasteiger partial charge is 0.508 e. The molecule has 8 aliphatic rings. The Bertz CT molecular complexity index is 5230. The van der Waals surface area contributed by atoms with Crippen LogP contribution in [-0.2, 0) is 73.9 Å². The number of aryl methyl sites for hydroxylation is 1. The van der Waals surface area contributed by atoms with Crippen LogP contribution < -0.4 is 77.3 Å². The summed E-state index contributed by atoms with van der Waals surface area (Å²) in [6.45, 7) is 12.0. The highest BCUT2D eigenvalue weighted by Crippen LogP contribution is 2.50. The maximum absolute atomic E-state index is 16.5. The molecular formula is C87H108ClN11O27S. The quantitative estimate of drug-likeness (QED) is 0.0290. The summed E-state index contributed by atoms with van der Waals surface area (Å²) in [6.07, 6.45) is -13.4. The lowest BCUT2D eigenvalue weighted by Crippen LogP contribution is -2.63. The number of aliphatic carboxylic acids is 1. The standard InChI is InChI=1S/C87H108ClN11O27S/c1-9-10-15-28-119-48-19-21-49(22-20-48)127(117,118)92-27-14-12-11-13-26-91-38-52-42(5)65-50-31-44(16-23-56(50)101)66-80(110)98-70(83(113)96-68(84(114)115)51(65)35-57(52)102)72(105)46-18-25-59(53(88)32-46)122-61-34-47-33-60(75(61)125-85-76(74(107)73(106)62(39-100)123-85)124-64-37-87(7)77(43(6)120-64)126-86(116)99-87)121-58-24-17-45(30-41(58)4)71(104)69(97-78(108)54(90-8)29-40(2)3)82(112)93-55(36-63(89)103)79(109)94-67(47)81(111)95-66/h16-25,30-35,40,43,54-55,62,64,66-74,76-77,85,90-92,100-102,104-107H,9-15,26-29,36-39H2,1-8H3,(H2,89,103)(H,93,112)(H,94,109)(H,95,111)(H,96,113)(H,97,108)(H,98,110)(H,99,116)(H,114,115)/t43-,54+,55-,62+,64-,66+,67+,68-,69+,70-,71+,72+,73+,74-,76+,77+,85-,87-/m0/s1. The number of aliphatic hydroxyl groups is 5. The monoisotopic (exact) mass is 1810 g/mol. The first-order valence-electron chi connectivity index (χ1n) is 41.9. The number of ether oxygens (including phenoxy) is 8. The van der Waals surface area contributed by atoms with E-state index < -0.39 is 225 Å². The van der Waals surface area contributed by atoms with Crippen LogP contribution in [0.25, 0.3) is 11.1 Å². The summed E-state index contributed by atoms with van der Waals surface area (Å²) in [5.41, 5.74) is 3.44. The number of sulfonamides is 1. The number of phenols is 2. The molecule has 0 aromatic heterocycles. The van der Waals surface area contributed by atoms with Crippen molar-refractivity contribution in [3.8, 4) is 57.1 Å². The molecule has 0 aliphatic carbocycles. The summed E-state index contributed by atoms with van der Waals surface area (Å²) >= 11 is 7.21. The number of phenolic OH excluding ortho intramolecular Hbond substituents is 2. The number of fused-ring (bicyclic) bond motifs is 16. The number of likely N-dealkylation sites (N-methyl/N-ethyl adjacent to an activating group) is 1. The summed E-state index contributed by atoms with van der Waals surface area (Å²) in [4.78, 5) is 133. The van der Waals surface area contributed by atoms with Crippen LogP contribution in [0.4, 0.5) is 4.79 Å². The SMILES string of the molecule is CCCCCOc1ccc(S(=O)(=O)NCCCCCCNCc2c(O)cc3c(c2C)-c2cc(ccc2O)[C@H]2NC(=O)[C@@H]4NC(=O)[C@H](CC(N)=O)NC(=O)[C@H](NC(=O)[C@@H](CC(C)C)NC)[C@H](O)c5ccc(c(C)c5)Oc5cc4cc(c5O[C@@H]4O[C@H](CO)[C@@H](O)[C@H](O)[C@H]4O[C@H]4C[C@]5(C)NC(=O)O[C@@H]5[C@H](C)O4)Oc4ccc(cc4Cl)[C@@H](O)[C@H](NC2=O)C(=O)N[C@@H]3C(=O)O)cc1. The van der Waals surface area contributed by atoms with Gasteiger partial charge in [-0.1, -0.05) is 76.3 Å². The van der Waals surface area contributed by atoms with Crippen LogP contribution >= 0.6 is 11.6 Å². The molecule has 40 heteroatoms. The van der Waals surface area contributed by atoms with Crippen molar-refractivity contribution in [1.82, 2.24) is 52.6 Å². The Morgan fingerprint density at radius 1 is 0.717 bits per heavy atom. The Labute approximate surface area is 736 Å². The fraction of sp³-hybridized carbons (Fsp3) is 0.483. The highest BCUT2D eigenvalue weighted by Gasteiger charge is 2.56. The number of hydrogen-bond donors (Lipinski definition) is 19. The van der Waals surface area contributed by atoms with Crippen LogP contribution in [0.5, 0.6) is 46.0 Å². The minimum absolute atomic E-state index is 0.0344. The lowest BCUT2D eigenvalue weighted by Gasteiger charge is -2.46. The van der Waals surface area contributed by atoms with Gasteiger partial charge in [0, 0.05) is 30.6 Å². The van der Waals surface area contributed by atoms with Gasteiger partial charge in [-0.25, -0.2) is 22.7 Å². The van der Waals surface area contributed by atoms with E-state index >= 15 is 24.0 Å². The van der Waals surface area contributed by atoms with E-state index in [1.54, 1.807) is 26.0 Å². The van der Waals surface area contributed by atoms with E-state index in [1.807, 2.05) is 13.8 Å². The first-order chi connectivity index (χ1) is 60.4. The van der Waals surface area contributed by atoms with Crippen LogP contribution in [0.1, 0.15) is 174 Å². The van der Waals surface area contributed by atoms with Crippen LogP contribution in [0.15, 0.2) is 102 Å². The number of unbranched alkanes of at least 4 members (excludes halogenated alkanes) is 5. The molecule has 0 radical (unpaired) electrons. The van der Waals surface area contributed by atoms with Crippen molar-refractivity contribution in [2.75, 3.05) is 33.4 Å². The third-order valence-corrected chi connectivity index (χ3v) is 24.9. The average Bonchev–Trinajstić information content (AvgIpc) is 1.68. The van der Waals surface area contributed by atoms with Crippen molar-refractivity contribution < 1.29 is 130 Å². The van der Waals surface area contributed by atoms with Crippen molar-refractivity contribution >= 4 is 75.0 Å². The molecule has 8 heterocycles. The number of amides is 8. The fourth-order valence-corrected chi connectivity index (χ4v) is 17.7. The number of halogens is 1. The third kappa shape index (κ3) is 21.9. The third-order valence-electron chi connectivity index (χ3n) is 23.2. The molecule has 14 rings (SSSR count). The van der Waals surface area contributed by atoms with Crippen molar-refractivity contribution in [2.24, 2.45) is 11.7 Å². The molecular weight excluding hydrogens is 1700 g/mol. The molecule has 127 heavy (non-hydrogen) atoms. The molecule has 3 fully saturated rings. The maximum Gasteiger partial charge on any atom is 0.408 e. The van der Waals surface area contributed by atoms with E-state index in [9.17, 15) is 68.4 Å². The summed E-state index contributed by atoms with van der Waals surface area (Å²) in [7, 11) is -2.33. The molecule has 8 amide bonds. The Morgan fingerprint density at radius 3 is 2.04 bits per heavy atom. The van der Waals surface area contributed by atoms with E-state index in [4.69, 9.17) is 55.2 Å². The molecule has 6 aromatic carbocycles. The highest BCUT2D eigenvalue weighted by molar-refractivity contribution is 7.89. The lowest BCUT2D eigenvalue weighted by molar-refractivity contribution is -0.332. The summed E-state index contributed by atoms with van der Waals surface area (Å²) < 4.78 is 79.6. The number of benzene rings is 6. The summed E-state index contributed by atoms with van der Waals surface area (Å²) in [6, 6.07) is 6.31. The molecule has 11 bridgehead atoms. The number of carbonyl (C=O) groups excluding carboxylic acids is 8. The van der Waals surface area contributed by atoms with Gasteiger partial charge in [0.15, 0.2) is 36.0 Å². The molecule has 686 valence electrons. The molecule has 20 N–H and O–H groups in total. The van der Waals surface area contributed by atoms with Crippen molar-refractivity contribution in [3.05, 3.63) is 147 Å². The second-order valence-corrected chi connectivity index (χ2v) is 35.2. The van der Waals surface area contributed by atoms with Gasteiger partial charge in [0.05, 0.1) is 47.2 Å². The summed E-state index contributed by atoms with van der Waals surface area (Å²) in [5, 5.41) is 119. The number of primary amides is 1. The number of aromatic hydroxyl groups is 2. The van der Waals surface area contributed by atoms with Crippen molar-refractivity contribution in [3.63, 3.8) is 0 Å². The Kier molecular flexibility index (Phi) is 30.6. The van der Waals surface area contributed by atoms with Gasteiger partial charge < -0.3 is 132 Å². The predicted octanol–water partition coefficient (Wildman–Crippen LogP) is 4.35. The number of nitrogens with one attached hydrogen (secondary N) is 10. The number of hydrogen-bond acceptors (Lipinski definition) is 28. The first kappa shape index (κ1) is 95.1. The molecule has 6 aromatic rings. The van der Waals surface area contributed by atoms with Crippen LogP contribution in [-0.4, -0.2) is 215 Å². The minimum Gasteiger partial charge on any atom is -0.508 e. The van der Waals surface area contributed by atoms with E-state index in [1.165, 1.54) is 75.5 Å². The topological polar surface area (TPSA) is 570 Å². The number of aliphatic hydroxyl groups excluding tert-OH is 5. The molecule has 18 atom stereocenters. The average molecular weight is 1810 g/mol.